The zero-order valence-corrected chi connectivity index (χ0v) is 29.5. The first-order chi connectivity index (χ1) is 22.4. The predicted octanol–water partition coefficient (Wildman–Crippen LogP) is 3.08. The fourth-order valence-corrected chi connectivity index (χ4v) is 7.19. The summed E-state index contributed by atoms with van der Waals surface area (Å²) in [5.41, 5.74) is 0. The van der Waals surface area contributed by atoms with Gasteiger partial charge in [0.25, 0.3) is 0 Å². The van der Waals surface area contributed by atoms with Crippen LogP contribution in [0.15, 0.2) is 0 Å². The first-order valence-electron chi connectivity index (χ1n) is 17.1. The molecule has 0 aromatic carbocycles. The Balaban J connectivity index is 0. The highest BCUT2D eigenvalue weighted by Crippen LogP contribution is 2.48. The maximum absolute atomic E-state index is 9.71. The number of hydrogen-bond donors (Lipinski definition) is 3. The lowest BCUT2D eigenvalue weighted by Gasteiger charge is -2.39. The van der Waals surface area contributed by atoms with E-state index in [1.807, 2.05) is 13.8 Å². The molecule has 0 aromatic rings. The van der Waals surface area contributed by atoms with Crippen LogP contribution in [0.1, 0.15) is 64.5 Å². The van der Waals surface area contributed by atoms with Crippen molar-refractivity contribution in [3.05, 3.63) is 0 Å². The molecule has 0 aromatic heterocycles. The van der Waals surface area contributed by atoms with Gasteiger partial charge in [0, 0.05) is 63.1 Å². The third-order valence-corrected chi connectivity index (χ3v) is 9.19. The topological polar surface area (TPSA) is 138 Å². The Bertz CT molecular complexity index is 690. The summed E-state index contributed by atoms with van der Waals surface area (Å²) in [6, 6.07) is 0.751. The van der Waals surface area contributed by atoms with Crippen LogP contribution in [0, 0.1) is 0 Å². The molecule has 2 aliphatic heterocycles. The second kappa shape index (κ2) is 27.1. The molecule has 43 heavy (non-hydrogen) atoms. The lowest BCUT2D eigenvalue weighted by Crippen LogP contribution is -2.40. The number of aliphatic hydroxyl groups excluding tert-OH is 3. The average Bonchev–Trinajstić information content (AvgIpc) is 3.47. The molecule has 0 saturated carbocycles. The molecule has 262 valence electrons. The largest absolute Gasteiger partial charge is 0.400 e. The van der Waals surface area contributed by atoms with Crippen LogP contribution in [-0.4, -0.2) is 159 Å². The van der Waals surface area contributed by atoms with Gasteiger partial charge in [-0.2, -0.15) is 0 Å². The van der Waals surface area contributed by atoms with E-state index in [1.165, 1.54) is 14.2 Å². The molecule has 9 atom stereocenters. The molecule has 2 aliphatic rings. The van der Waals surface area contributed by atoms with E-state index in [0.29, 0.717) is 38.5 Å². The third kappa shape index (κ3) is 16.9. The summed E-state index contributed by atoms with van der Waals surface area (Å²) >= 11 is 0. The molecular weight excluding hydrogens is 581 g/mol. The second-order valence-corrected chi connectivity index (χ2v) is 12.3. The van der Waals surface area contributed by atoms with Crippen molar-refractivity contribution in [2.75, 3.05) is 74.7 Å². The number of rotatable bonds is 17. The van der Waals surface area contributed by atoms with Crippen LogP contribution in [0.2, 0.25) is 0 Å². The second-order valence-electron chi connectivity index (χ2n) is 10.5. The van der Waals surface area contributed by atoms with E-state index in [4.69, 9.17) is 43.3 Å². The van der Waals surface area contributed by atoms with E-state index in [1.54, 1.807) is 21.3 Å². The molecule has 0 radical (unpaired) electrons. The molecule has 0 aliphatic carbocycles. The molecule has 2 rings (SSSR count). The van der Waals surface area contributed by atoms with Crippen molar-refractivity contribution in [3.8, 4) is 0 Å². The number of ether oxygens (including phenoxy) is 7. The van der Waals surface area contributed by atoms with E-state index in [-0.39, 0.29) is 50.4 Å². The highest BCUT2D eigenvalue weighted by Gasteiger charge is 2.44. The molecule has 0 amide bonds. The normalized spacial score (nSPS) is 30.3. The smallest absolute Gasteiger partial charge is 0.210 e. The first-order valence-corrected chi connectivity index (χ1v) is 16.3. The van der Waals surface area contributed by atoms with Crippen LogP contribution in [0.5, 0.6) is 0 Å². The predicted molar refractivity (Wildman–Crippen MR) is 171 cm³/mol. The summed E-state index contributed by atoms with van der Waals surface area (Å²) in [5, 5.41) is 16.7. The van der Waals surface area contributed by atoms with E-state index < -0.39 is 20.5 Å². The Kier molecular flexibility index (Phi) is 23.6. The van der Waals surface area contributed by atoms with Gasteiger partial charge in [-0.15, -0.1) is 0 Å². The van der Waals surface area contributed by atoms with E-state index in [2.05, 4.69) is 42.6 Å². The molecule has 1 unspecified atom stereocenters. The van der Waals surface area contributed by atoms with Gasteiger partial charge in [-0.1, -0.05) is 0 Å². The van der Waals surface area contributed by atoms with Gasteiger partial charge in [0.2, 0.25) is 2.86 Å². The maximum atomic E-state index is 9.71. The Labute approximate surface area is 269 Å². The molecular formula is C30H66NO11P. The fraction of sp³-hybridized carbons (Fsp3) is 1.00. The van der Waals surface area contributed by atoms with Gasteiger partial charge in [0.15, 0.2) is 0 Å². The zero-order chi connectivity index (χ0) is 36.4. The minimum Gasteiger partial charge on any atom is -0.400 e. The van der Waals surface area contributed by atoms with Crippen LogP contribution < -0.4 is 0 Å². The Morgan fingerprint density at radius 2 is 1.23 bits per heavy atom. The van der Waals surface area contributed by atoms with Gasteiger partial charge in [0.05, 0.1) is 50.8 Å². The van der Waals surface area contributed by atoms with Gasteiger partial charge in [-0.25, -0.2) is 0 Å². The molecule has 0 spiro atoms. The highest BCUT2D eigenvalue weighted by molar-refractivity contribution is 7.50. The number of nitrogens with zero attached hydrogens (tertiary/aromatic N) is 1. The average molecular weight is 654 g/mol. The van der Waals surface area contributed by atoms with Crippen molar-refractivity contribution in [1.29, 1.82) is 2.86 Å². The minimum atomic E-state index is -0.843. The summed E-state index contributed by atoms with van der Waals surface area (Å²) in [5.74, 6) is 0. The van der Waals surface area contributed by atoms with Gasteiger partial charge < -0.3 is 53.0 Å². The zero-order valence-electron chi connectivity index (χ0n) is 32.6. The number of methoxy groups -OCH3 is 3. The van der Waals surface area contributed by atoms with Gasteiger partial charge >= 0.3 is 0 Å². The van der Waals surface area contributed by atoms with Gasteiger partial charge in [-0.05, 0) is 61.8 Å². The lowest BCUT2D eigenvalue weighted by molar-refractivity contribution is -0.0476. The van der Waals surface area contributed by atoms with E-state index in [9.17, 15) is 5.11 Å². The summed E-state index contributed by atoms with van der Waals surface area (Å²) in [7, 11) is 6.73. The fourth-order valence-electron chi connectivity index (χ4n) is 4.78. The van der Waals surface area contributed by atoms with Crippen LogP contribution in [-0.2, 0) is 37.7 Å². The molecule has 12 nitrogen and oxygen atoms in total. The standard InChI is InChI=1S/C19H40NO5P.C9H18O4.2CH4O/c1-14(2)20(15(3)4)26(13-9-10-21-7)25-19-17(6)24-16(5)18(19)23-12-11-22-8;1-6-8(10)9(7(2)13-6)12-5-4-11-3;2*1-2/h14-19H,9-13H2,1-8H3;6-10H,4-5H2,1-3H3;2*2H,1H3/t16-,17+,18-,19+,26?;6-,7+,8-,9+;;/m01../s1/i6D;1D;2*2T. The van der Waals surface area contributed by atoms with Gasteiger partial charge in [-0.3, -0.25) is 4.67 Å². The van der Waals surface area contributed by atoms with Gasteiger partial charge in [0.1, 0.15) is 32.7 Å². The Morgan fingerprint density at radius 1 is 0.767 bits per heavy atom. The van der Waals surface area contributed by atoms with Crippen LogP contribution in [0.4, 0.5) is 0 Å². The van der Waals surface area contributed by atoms with Crippen LogP contribution in [0.3, 0.4) is 0 Å². The third-order valence-electron chi connectivity index (χ3n) is 6.56. The van der Waals surface area contributed by atoms with Crippen molar-refractivity contribution < 1.29 is 55.7 Å². The Morgan fingerprint density at radius 3 is 1.67 bits per heavy atom. The number of hydrogen-bond acceptors (Lipinski definition) is 12. The Hall–Kier alpha value is -0.0500. The number of aliphatic hydroxyl groups is 3. The van der Waals surface area contributed by atoms with Crippen LogP contribution >= 0.6 is 8.30 Å². The monoisotopic (exact) mass is 653 g/mol. The lowest BCUT2D eigenvalue weighted by atomic mass is 10.1. The molecule has 0 bridgehead atoms. The van der Waals surface area contributed by atoms with E-state index in [0.717, 1.165) is 19.2 Å². The molecule has 2 heterocycles. The van der Waals surface area contributed by atoms with E-state index >= 15 is 0 Å². The molecule has 13 heteroatoms. The van der Waals surface area contributed by atoms with Crippen molar-refractivity contribution in [2.45, 2.75) is 123 Å². The van der Waals surface area contributed by atoms with Crippen molar-refractivity contribution in [3.63, 3.8) is 0 Å². The molecule has 3 N–H and O–H groups in total. The maximum Gasteiger partial charge on any atom is 0.210 e. The molecule has 2 saturated heterocycles. The minimum absolute atomic E-state index is 0.0651. The summed E-state index contributed by atoms with van der Waals surface area (Å²) in [4.78, 5) is 0. The quantitative estimate of drug-likeness (QED) is 0.157. The van der Waals surface area contributed by atoms with Crippen LogP contribution in [0.25, 0.3) is 0 Å². The van der Waals surface area contributed by atoms with Crippen molar-refractivity contribution in [1.82, 2.24) is 4.67 Å². The SMILES string of the molecule is [2H]C[C@H]1O[C@@H](C)[C@H](OCCOC)[C@@H]1O.[2H]C[C@H]1O[C@@H](C)[C@H](OCCOC)[C@@H]1OP(CCCOC)N(C(C)C)C(C)C.[3H]OC.[3H]OC. The summed E-state index contributed by atoms with van der Waals surface area (Å²) in [6.07, 6.45) is -0.491. The summed E-state index contributed by atoms with van der Waals surface area (Å²) < 4.78 is 73.6. The first kappa shape index (κ1) is 37.4. The molecule has 2 fully saturated rings. The summed E-state index contributed by atoms with van der Waals surface area (Å²) in [6.45, 7) is 15.6. The van der Waals surface area contributed by atoms with Crippen molar-refractivity contribution >= 4 is 8.30 Å². The highest BCUT2D eigenvalue weighted by atomic mass is 31.2. The van der Waals surface area contributed by atoms with Crippen molar-refractivity contribution in [2.24, 2.45) is 0 Å².